The highest BCUT2D eigenvalue weighted by Crippen LogP contribution is 2.44. The van der Waals surface area contributed by atoms with E-state index in [2.05, 4.69) is 10.3 Å². The molecule has 1 aromatic heterocycles. The number of aryl methyl sites for hydroxylation is 2. The van der Waals surface area contributed by atoms with Gasteiger partial charge in [0, 0.05) is 39.6 Å². The zero-order valence-corrected chi connectivity index (χ0v) is 18.7. The van der Waals surface area contributed by atoms with Crippen molar-refractivity contribution in [1.29, 1.82) is 0 Å². The number of benzene rings is 2. The highest BCUT2D eigenvalue weighted by Gasteiger charge is 2.35. The molecule has 0 saturated carbocycles. The number of hydrogen-bond donors (Lipinski definition) is 5. The normalized spacial score (nSPS) is 15.9. The smallest absolute Gasteiger partial charge is 0.352 e. The fourth-order valence-corrected chi connectivity index (χ4v) is 4.95. The number of rotatable bonds is 7. The number of carboxylic acid groups (broad SMARTS) is 2. The number of carboxylic acids is 2. The Kier molecular flexibility index (Phi) is 6.03. The first-order valence-electron chi connectivity index (χ1n) is 10.6. The number of H-pyrrole nitrogens is 1. The number of aliphatic carboxylic acids is 1. The third-order valence-electron chi connectivity index (χ3n) is 6.30. The number of carbonyl (C=O) groups excluding carboxylic acids is 1. The van der Waals surface area contributed by atoms with Crippen LogP contribution in [0.3, 0.4) is 0 Å². The van der Waals surface area contributed by atoms with Gasteiger partial charge in [-0.3, -0.25) is 9.59 Å². The van der Waals surface area contributed by atoms with Gasteiger partial charge >= 0.3 is 11.9 Å². The molecule has 9 heteroatoms. The summed E-state index contributed by atoms with van der Waals surface area (Å²) in [4.78, 5) is 39.2. The molecule has 0 aliphatic heterocycles. The SMILES string of the molecule is CC(C(=O)Nc1ccc(N)cc1CCC(=O)O)C1CCc2cc(Cl)cc3[nH]c(C(=O)O)c1c23. The molecule has 0 bridgehead atoms. The Labute approximate surface area is 194 Å². The van der Waals surface area contributed by atoms with Crippen molar-refractivity contribution >= 4 is 51.7 Å². The van der Waals surface area contributed by atoms with E-state index in [1.165, 1.54) is 0 Å². The maximum Gasteiger partial charge on any atom is 0.352 e. The van der Waals surface area contributed by atoms with Crippen molar-refractivity contribution in [3.8, 4) is 0 Å². The summed E-state index contributed by atoms with van der Waals surface area (Å²) >= 11 is 6.20. The average Bonchev–Trinajstić information content (AvgIpc) is 3.14. The lowest BCUT2D eigenvalue weighted by molar-refractivity contribution is -0.137. The minimum absolute atomic E-state index is 0.0764. The van der Waals surface area contributed by atoms with Gasteiger partial charge < -0.3 is 26.2 Å². The number of aromatic carboxylic acids is 1. The Bertz CT molecular complexity index is 1280. The first kappa shape index (κ1) is 22.7. The van der Waals surface area contributed by atoms with Gasteiger partial charge in [-0.15, -0.1) is 0 Å². The molecule has 2 atom stereocenters. The van der Waals surface area contributed by atoms with E-state index >= 15 is 0 Å². The maximum atomic E-state index is 13.2. The van der Waals surface area contributed by atoms with Crippen LogP contribution in [0.1, 0.15) is 52.9 Å². The summed E-state index contributed by atoms with van der Waals surface area (Å²) in [5, 5.41) is 23.1. The third kappa shape index (κ3) is 4.39. The van der Waals surface area contributed by atoms with E-state index in [1.54, 1.807) is 31.2 Å². The minimum Gasteiger partial charge on any atom is -0.481 e. The highest BCUT2D eigenvalue weighted by atomic mass is 35.5. The van der Waals surface area contributed by atoms with Crippen molar-refractivity contribution in [3.63, 3.8) is 0 Å². The molecule has 8 nitrogen and oxygen atoms in total. The second kappa shape index (κ2) is 8.78. The van der Waals surface area contributed by atoms with Crippen molar-refractivity contribution < 1.29 is 24.6 Å². The molecule has 4 rings (SSSR count). The van der Waals surface area contributed by atoms with Crippen LogP contribution in [-0.2, 0) is 22.4 Å². The van der Waals surface area contributed by atoms with Gasteiger partial charge in [0.25, 0.3) is 0 Å². The van der Waals surface area contributed by atoms with Gasteiger partial charge in [0.05, 0.1) is 0 Å². The highest BCUT2D eigenvalue weighted by molar-refractivity contribution is 6.31. The molecule has 1 aliphatic rings. The van der Waals surface area contributed by atoms with Crippen LogP contribution in [0.5, 0.6) is 0 Å². The summed E-state index contributed by atoms with van der Waals surface area (Å²) in [5.41, 5.74) is 9.78. The first-order valence-corrected chi connectivity index (χ1v) is 11.0. The fourth-order valence-electron chi connectivity index (χ4n) is 4.71. The number of aromatic amines is 1. The number of anilines is 2. The molecule has 1 amide bonds. The van der Waals surface area contributed by atoms with Crippen LogP contribution in [0.15, 0.2) is 30.3 Å². The molecular formula is C24H24ClN3O5. The zero-order valence-electron chi connectivity index (χ0n) is 17.9. The summed E-state index contributed by atoms with van der Waals surface area (Å²) in [6, 6.07) is 8.50. The Hall–Kier alpha value is -3.52. The molecule has 0 radical (unpaired) electrons. The van der Waals surface area contributed by atoms with E-state index in [9.17, 15) is 19.5 Å². The molecular weight excluding hydrogens is 446 g/mol. The van der Waals surface area contributed by atoms with Crippen LogP contribution >= 0.6 is 11.6 Å². The topological polar surface area (TPSA) is 146 Å². The van der Waals surface area contributed by atoms with Crippen LogP contribution in [0, 0.1) is 5.92 Å². The third-order valence-corrected chi connectivity index (χ3v) is 6.52. The number of aromatic nitrogens is 1. The molecule has 2 unspecified atom stereocenters. The molecule has 0 spiro atoms. The van der Waals surface area contributed by atoms with E-state index in [1.807, 2.05) is 6.07 Å². The Morgan fingerprint density at radius 2 is 2.00 bits per heavy atom. The summed E-state index contributed by atoms with van der Waals surface area (Å²) in [5.74, 6) is -3.14. The van der Waals surface area contributed by atoms with E-state index in [4.69, 9.17) is 22.4 Å². The van der Waals surface area contributed by atoms with E-state index < -0.39 is 17.9 Å². The zero-order chi connectivity index (χ0) is 23.9. The number of halogens is 1. The van der Waals surface area contributed by atoms with Crippen LogP contribution in [-0.4, -0.2) is 33.0 Å². The second-order valence-corrected chi connectivity index (χ2v) is 8.88. The van der Waals surface area contributed by atoms with Gasteiger partial charge in [0.15, 0.2) is 0 Å². The summed E-state index contributed by atoms with van der Waals surface area (Å²) in [6.45, 7) is 1.78. The van der Waals surface area contributed by atoms with Gasteiger partial charge in [-0.1, -0.05) is 18.5 Å². The van der Waals surface area contributed by atoms with Gasteiger partial charge in [-0.2, -0.15) is 0 Å². The van der Waals surface area contributed by atoms with E-state index in [0.717, 1.165) is 10.9 Å². The van der Waals surface area contributed by atoms with Crippen molar-refractivity contribution in [1.82, 2.24) is 4.98 Å². The number of hydrogen-bond acceptors (Lipinski definition) is 4. The number of nitrogen functional groups attached to an aromatic ring is 1. The fraction of sp³-hybridized carbons (Fsp3) is 0.292. The van der Waals surface area contributed by atoms with E-state index in [0.29, 0.717) is 45.9 Å². The predicted molar refractivity (Wildman–Crippen MR) is 126 cm³/mol. The van der Waals surface area contributed by atoms with Crippen molar-refractivity contribution in [2.24, 2.45) is 5.92 Å². The van der Waals surface area contributed by atoms with Gasteiger partial charge in [-0.25, -0.2) is 4.79 Å². The summed E-state index contributed by atoms with van der Waals surface area (Å²) < 4.78 is 0. The molecule has 6 N–H and O–H groups in total. The summed E-state index contributed by atoms with van der Waals surface area (Å²) in [6.07, 6.45) is 1.41. The monoisotopic (exact) mass is 469 g/mol. The molecule has 3 aromatic rings. The molecule has 0 saturated heterocycles. The molecule has 1 heterocycles. The van der Waals surface area contributed by atoms with Gasteiger partial charge in [-0.05, 0) is 72.2 Å². The Morgan fingerprint density at radius 3 is 2.70 bits per heavy atom. The number of carbonyl (C=O) groups is 3. The van der Waals surface area contributed by atoms with Crippen molar-refractivity contribution in [3.05, 3.63) is 57.7 Å². The maximum absolute atomic E-state index is 13.2. The first-order chi connectivity index (χ1) is 15.7. The van der Waals surface area contributed by atoms with Crippen LogP contribution in [0.2, 0.25) is 5.02 Å². The molecule has 0 fully saturated rings. The lowest BCUT2D eigenvalue weighted by atomic mass is 9.76. The van der Waals surface area contributed by atoms with Gasteiger partial charge in [0.2, 0.25) is 5.91 Å². The van der Waals surface area contributed by atoms with Crippen LogP contribution < -0.4 is 11.1 Å². The van der Waals surface area contributed by atoms with E-state index in [-0.39, 0.29) is 30.4 Å². The molecule has 1 aliphatic carbocycles. The van der Waals surface area contributed by atoms with Crippen LogP contribution in [0.25, 0.3) is 10.9 Å². The Morgan fingerprint density at radius 1 is 1.24 bits per heavy atom. The second-order valence-electron chi connectivity index (χ2n) is 8.44. The molecule has 172 valence electrons. The molecule has 2 aromatic carbocycles. The largest absolute Gasteiger partial charge is 0.481 e. The van der Waals surface area contributed by atoms with Crippen molar-refractivity contribution in [2.75, 3.05) is 11.1 Å². The number of nitrogens with one attached hydrogen (secondary N) is 2. The van der Waals surface area contributed by atoms with Gasteiger partial charge in [0.1, 0.15) is 5.69 Å². The predicted octanol–water partition coefficient (Wildman–Crippen LogP) is 4.42. The van der Waals surface area contributed by atoms with Crippen LogP contribution in [0.4, 0.5) is 11.4 Å². The Balaban J connectivity index is 1.66. The quantitative estimate of drug-likeness (QED) is 0.324. The lowest BCUT2D eigenvalue weighted by Crippen LogP contribution is -2.29. The lowest BCUT2D eigenvalue weighted by Gasteiger charge is -2.28. The molecule has 33 heavy (non-hydrogen) atoms. The summed E-state index contributed by atoms with van der Waals surface area (Å²) in [7, 11) is 0. The standard InChI is InChI=1S/C24H24ClN3O5/c1-11(23(31)28-17-6-4-15(26)9-12(17)3-7-19(29)30)16-5-2-13-8-14(25)10-18-20(13)21(16)22(27-18)24(32)33/h4,6,8-11,16,27H,2-3,5,7,26H2,1H3,(H,28,31)(H,29,30)(H,32,33). The minimum atomic E-state index is -1.09. The average molecular weight is 470 g/mol. The number of amides is 1. The van der Waals surface area contributed by atoms with Crippen molar-refractivity contribution in [2.45, 2.75) is 38.5 Å². The number of nitrogens with two attached hydrogens (primary N) is 1.